The van der Waals surface area contributed by atoms with E-state index >= 15 is 0 Å². The van der Waals surface area contributed by atoms with E-state index in [1.807, 2.05) is 31.9 Å². The van der Waals surface area contributed by atoms with Crippen LogP contribution in [0.3, 0.4) is 0 Å². The molecule has 0 fully saturated rings. The average molecular weight is 452 g/mol. The van der Waals surface area contributed by atoms with Crippen LogP contribution in [0.2, 0.25) is 0 Å². The van der Waals surface area contributed by atoms with E-state index in [2.05, 4.69) is 11.5 Å². The van der Waals surface area contributed by atoms with Gasteiger partial charge in [-0.15, -0.1) is 0 Å². The molecule has 0 amide bonds. The van der Waals surface area contributed by atoms with Crippen molar-refractivity contribution in [2.45, 2.75) is 39.8 Å². The van der Waals surface area contributed by atoms with Crippen molar-refractivity contribution in [1.82, 2.24) is 10.4 Å². The number of benzene rings is 2. The van der Waals surface area contributed by atoms with E-state index in [-0.39, 0.29) is 18.2 Å². The van der Waals surface area contributed by atoms with Gasteiger partial charge in [0, 0.05) is 41.2 Å². The number of aliphatic imine (C=N–C) groups is 2. The molecular weight excluding hydrogens is 424 g/mol. The second-order valence-corrected chi connectivity index (χ2v) is 8.23. The van der Waals surface area contributed by atoms with Crippen molar-refractivity contribution < 1.29 is 13.5 Å². The average Bonchev–Trinajstić information content (AvgIpc) is 2.95. The zero-order chi connectivity index (χ0) is 23.5. The number of nitrogens with zero attached hydrogens (tertiary/aromatic N) is 3. The lowest BCUT2D eigenvalue weighted by Crippen LogP contribution is -2.47. The van der Waals surface area contributed by atoms with Crippen LogP contribution in [0.5, 0.6) is 5.75 Å². The molecule has 2 heterocycles. The lowest BCUT2D eigenvalue weighted by atomic mass is 10.1. The number of nitrogens with two attached hydrogens (primary N) is 1. The molecule has 0 aromatic heterocycles. The number of nitrogen functional groups attached to an aromatic ring is 1. The zero-order valence-electron chi connectivity index (χ0n) is 18.9. The minimum Gasteiger partial charge on any atom is -0.488 e. The van der Waals surface area contributed by atoms with Gasteiger partial charge in [0.2, 0.25) is 0 Å². The summed E-state index contributed by atoms with van der Waals surface area (Å²) in [4.78, 5) is 9.50. The van der Waals surface area contributed by atoms with E-state index in [9.17, 15) is 8.78 Å². The standard InChI is InChI=1S/C25H27F2N5O/c1-15(2)30-23-13-22(31-32-16(3)5-4-10-29-25(23)32)20-12-19(28)8-9-24(20)33-14-17-6-7-18(26)11-21(17)27/h5-9,11-13,15,31H,4,10,14,28H2,1-3H3. The highest BCUT2D eigenvalue weighted by atomic mass is 19.1. The predicted octanol–water partition coefficient (Wildman–Crippen LogP) is 4.84. The van der Waals surface area contributed by atoms with Crippen LogP contribution in [0.4, 0.5) is 14.5 Å². The number of ether oxygens (including phenoxy) is 1. The predicted molar refractivity (Wildman–Crippen MR) is 128 cm³/mol. The maximum absolute atomic E-state index is 14.1. The van der Waals surface area contributed by atoms with Gasteiger partial charge in [-0.2, -0.15) is 0 Å². The zero-order valence-corrected chi connectivity index (χ0v) is 18.9. The van der Waals surface area contributed by atoms with E-state index in [1.165, 1.54) is 12.1 Å². The highest BCUT2D eigenvalue weighted by molar-refractivity contribution is 6.47. The van der Waals surface area contributed by atoms with Gasteiger partial charge >= 0.3 is 0 Å². The van der Waals surface area contributed by atoms with Gasteiger partial charge in [0.15, 0.2) is 5.84 Å². The lowest BCUT2D eigenvalue weighted by Gasteiger charge is -2.33. The number of nitrogens with one attached hydrogen (secondary N) is 1. The number of anilines is 1. The second kappa shape index (κ2) is 9.44. The summed E-state index contributed by atoms with van der Waals surface area (Å²) in [6, 6.07) is 8.76. The Bertz CT molecular complexity index is 1180. The molecule has 0 aliphatic carbocycles. The Labute approximate surface area is 192 Å². The summed E-state index contributed by atoms with van der Waals surface area (Å²) in [5.74, 6) is -0.0123. The summed E-state index contributed by atoms with van der Waals surface area (Å²) in [6.45, 7) is 6.66. The van der Waals surface area contributed by atoms with E-state index in [0.29, 0.717) is 23.5 Å². The molecule has 0 atom stereocenters. The normalized spacial score (nSPS) is 17.1. The molecule has 2 aromatic rings. The molecule has 6 nitrogen and oxygen atoms in total. The van der Waals surface area contributed by atoms with Crippen LogP contribution >= 0.6 is 0 Å². The molecule has 0 unspecified atom stereocenters. The molecule has 0 spiro atoms. The van der Waals surface area contributed by atoms with Crippen LogP contribution in [-0.4, -0.2) is 29.1 Å². The molecule has 2 aromatic carbocycles. The number of rotatable bonds is 5. The lowest BCUT2D eigenvalue weighted by molar-refractivity contribution is 0.298. The molecule has 0 radical (unpaired) electrons. The van der Waals surface area contributed by atoms with Gasteiger partial charge in [0.25, 0.3) is 0 Å². The molecule has 0 saturated carbocycles. The highest BCUT2D eigenvalue weighted by Crippen LogP contribution is 2.31. The second-order valence-electron chi connectivity index (χ2n) is 8.23. The van der Waals surface area contributed by atoms with E-state index in [0.717, 1.165) is 35.4 Å². The first-order valence-electron chi connectivity index (χ1n) is 10.9. The summed E-state index contributed by atoms with van der Waals surface area (Å²) >= 11 is 0. The minimum absolute atomic E-state index is 0.0569. The van der Waals surface area contributed by atoms with E-state index in [1.54, 1.807) is 18.2 Å². The number of fused-ring (bicyclic) bond motifs is 1. The molecule has 0 saturated heterocycles. The molecule has 33 heavy (non-hydrogen) atoms. The van der Waals surface area contributed by atoms with Crippen LogP contribution in [-0.2, 0) is 6.61 Å². The van der Waals surface area contributed by atoms with Crippen molar-refractivity contribution in [3.05, 3.63) is 77.0 Å². The Hall–Kier alpha value is -3.68. The molecule has 2 aliphatic rings. The van der Waals surface area contributed by atoms with Crippen LogP contribution in [0.15, 0.2) is 64.2 Å². The Balaban J connectivity index is 1.73. The van der Waals surface area contributed by atoms with Gasteiger partial charge in [-0.3, -0.25) is 15.4 Å². The maximum atomic E-state index is 14.1. The number of hydrazine groups is 1. The van der Waals surface area contributed by atoms with Gasteiger partial charge in [-0.25, -0.2) is 13.8 Å². The van der Waals surface area contributed by atoms with Crippen LogP contribution in [0, 0.1) is 11.6 Å². The fraction of sp³-hybridized carbons (Fsp3) is 0.280. The van der Waals surface area contributed by atoms with Gasteiger partial charge in [-0.05, 0) is 63.6 Å². The number of hydrogen-bond acceptors (Lipinski definition) is 6. The highest BCUT2D eigenvalue weighted by Gasteiger charge is 2.27. The molecule has 2 aliphatic heterocycles. The fourth-order valence-electron chi connectivity index (χ4n) is 3.65. The summed E-state index contributed by atoms with van der Waals surface area (Å²) in [7, 11) is 0. The Morgan fingerprint density at radius 3 is 2.79 bits per heavy atom. The van der Waals surface area contributed by atoms with Crippen LogP contribution < -0.4 is 15.9 Å². The van der Waals surface area contributed by atoms with Crippen molar-refractivity contribution in [3.63, 3.8) is 0 Å². The number of halogens is 2. The van der Waals surface area contributed by atoms with E-state index in [4.69, 9.17) is 20.5 Å². The third-order valence-corrected chi connectivity index (χ3v) is 5.23. The van der Waals surface area contributed by atoms with Crippen molar-refractivity contribution in [2.75, 3.05) is 12.3 Å². The van der Waals surface area contributed by atoms with Crippen molar-refractivity contribution in [2.24, 2.45) is 9.98 Å². The third kappa shape index (κ3) is 5.05. The van der Waals surface area contributed by atoms with Gasteiger partial charge in [0.05, 0.1) is 5.70 Å². The van der Waals surface area contributed by atoms with Gasteiger partial charge in [-0.1, -0.05) is 6.08 Å². The molecule has 0 bridgehead atoms. The van der Waals surface area contributed by atoms with Crippen molar-refractivity contribution in [1.29, 1.82) is 0 Å². The summed E-state index contributed by atoms with van der Waals surface area (Å²) in [5, 5.41) is 1.91. The monoisotopic (exact) mass is 451 g/mol. The first-order valence-corrected chi connectivity index (χ1v) is 10.9. The molecular formula is C25H27F2N5O. The maximum Gasteiger partial charge on any atom is 0.172 e. The van der Waals surface area contributed by atoms with Crippen LogP contribution in [0.1, 0.15) is 38.3 Å². The van der Waals surface area contributed by atoms with Crippen molar-refractivity contribution in [3.8, 4) is 5.75 Å². The Kier molecular flexibility index (Phi) is 6.44. The summed E-state index contributed by atoms with van der Waals surface area (Å²) in [5.41, 5.74) is 13.5. The van der Waals surface area contributed by atoms with Gasteiger partial charge in [0.1, 0.15) is 29.7 Å². The van der Waals surface area contributed by atoms with E-state index < -0.39 is 11.6 Å². The molecule has 4 rings (SSSR count). The van der Waals surface area contributed by atoms with Crippen LogP contribution in [0.25, 0.3) is 5.70 Å². The fourth-order valence-corrected chi connectivity index (χ4v) is 3.65. The Morgan fingerprint density at radius 1 is 1.21 bits per heavy atom. The first kappa shape index (κ1) is 22.5. The van der Waals surface area contributed by atoms with Gasteiger partial charge < -0.3 is 10.5 Å². The Morgan fingerprint density at radius 2 is 2.03 bits per heavy atom. The summed E-state index contributed by atoms with van der Waals surface area (Å²) < 4.78 is 33.3. The minimum atomic E-state index is -0.653. The van der Waals surface area contributed by atoms with Crippen molar-refractivity contribution >= 4 is 22.9 Å². The topological polar surface area (TPSA) is 75.2 Å². The number of amidine groups is 1. The smallest absolute Gasteiger partial charge is 0.172 e. The third-order valence-electron chi connectivity index (χ3n) is 5.23. The first-order chi connectivity index (χ1) is 15.8. The number of allylic oxidation sites excluding steroid dienone is 1. The SMILES string of the molecule is CC1=CCCN=C2C(=NC(C)C)C=C(c3cc(N)ccc3OCc3ccc(F)cc3F)NN12. The molecule has 172 valence electrons. The summed E-state index contributed by atoms with van der Waals surface area (Å²) in [6.07, 6.45) is 4.88. The largest absolute Gasteiger partial charge is 0.488 e. The quantitative estimate of drug-likeness (QED) is 0.638. The molecule has 3 N–H and O–H groups in total. The number of hydrogen-bond donors (Lipinski definition) is 2. The molecule has 8 heteroatoms.